The first-order valence-electron chi connectivity index (χ1n) is 7.58. The lowest BCUT2D eigenvalue weighted by Gasteiger charge is -2.17. The lowest BCUT2D eigenvalue weighted by molar-refractivity contribution is -0.138. The third kappa shape index (κ3) is 3.79. The van der Waals surface area contributed by atoms with Gasteiger partial charge in [-0.1, -0.05) is 12.1 Å². The molecule has 0 aliphatic rings. The van der Waals surface area contributed by atoms with Crippen LogP contribution < -0.4 is 14.2 Å². The second kappa shape index (κ2) is 7.73. The Labute approximate surface area is 141 Å². The van der Waals surface area contributed by atoms with Gasteiger partial charge in [0.1, 0.15) is 17.2 Å². The van der Waals surface area contributed by atoms with Gasteiger partial charge >= 0.3 is 5.97 Å². The summed E-state index contributed by atoms with van der Waals surface area (Å²) in [4.78, 5) is 11.8. The van der Waals surface area contributed by atoms with Gasteiger partial charge in [-0.05, 0) is 54.3 Å². The highest BCUT2D eigenvalue weighted by Crippen LogP contribution is 2.31. The topological polar surface area (TPSA) is 65.0 Å². The maximum absolute atomic E-state index is 11.8. The molecule has 24 heavy (non-hydrogen) atoms. The van der Waals surface area contributed by atoms with Crippen molar-refractivity contribution in [3.8, 4) is 17.2 Å². The van der Waals surface area contributed by atoms with Crippen LogP contribution in [-0.2, 0) is 11.2 Å². The molecule has 0 spiro atoms. The average molecular weight is 330 g/mol. The van der Waals surface area contributed by atoms with Crippen molar-refractivity contribution in [3.63, 3.8) is 0 Å². The molecule has 5 nitrogen and oxygen atoms in total. The SMILES string of the molecule is COc1ccc(OC)c(CC(C(=O)O)c2ccc(OC)c(C)c2)c1. The Kier molecular flexibility index (Phi) is 5.68. The molecule has 0 aromatic heterocycles. The molecule has 0 bridgehead atoms. The molecule has 1 N–H and O–H groups in total. The summed E-state index contributed by atoms with van der Waals surface area (Å²) in [5.41, 5.74) is 2.42. The van der Waals surface area contributed by atoms with Crippen LogP contribution in [0.15, 0.2) is 36.4 Å². The van der Waals surface area contributed by atoms with Crippen LogP contribution >= 0.6 is 0 Å². The third-order valence-electron chi connectivity index (χ3n) is 4.03. The van der Waals surface area contributed by atoms with Crippen LogP contribution in [0.5, 0.6) is 17.2 Å². The van der Waals surface area contributed by atoms with Crippen LogP contribution in [0.1, 0.15) is 22.6 Å². The average Bonchev–Trinajstić information content (AvgIpc) is 2.59. The van der Waals surface area contributed by atoms with E-state index in [2.05, 4.69) is 0 Å². The first-order valence-corrected chi connectivity index (χ1v) is 7.58. The van der Waals surface area contributed by atoms with Gasteiger partial charge in [0, 0.05) is 0 Å². The van der Waals surface area contributed by atoms with Gasteiger partial charge in [0.05, 0.1) is 27.2 Å². The van der Waals surface area contributed by atoms with Gasteiger partial charge in [-0.3, -0.25) is 4.79 Å². The molecular weight excluding hydrogens is 308 g/mol. The molecule has 0 amide bonds. The van der Waals surface area contributed by atoms with Crippen molar-refractivity contribution in [2.75, 3.05) is 21.3 Å². The highest BCUT2D eigenvalue weighted by atomic mass is 16.5. The van der Waals surface area contributed by atoms with Gasteiger partial charge in [0.2, 0.25) is 0 Å². The molecule has 0 radical (unpaired) electrons. The molecule has 5 heteroatoms. The van der Waals surface area contributed by atoms with Crippen molar-refractivity contribution in [3.05, 3.63) is 53.1 Å². The number of carboxylic acids is 1. The van der Waals surface area contributed by atoms with E-state index in [1.807, 2.05) is 19.1 Å². The number of carboxylic acid groups (broad SMARTS) is 1. The van der Waals surface area contributed by atoms with Gasteiger partial charge in [-0.2, -0.15) is 0 Å². The predicted molar refractivity (Wildman–Crippen MR) is 91.4 cm³/mol. The summed E-state index contributed by atoms with van der Waals surface area (Å²) in [5, 5.41) is 9.69. The van der Waals surface area contributed by atoms with E-state index in [1.165, 1.54) is 0 Å². The molecule has 0 saturated carbocycles. The van der Waals surface area contributed by atoms with Crippen molar-refractivity contribution >= 4 is 5.97 Å². The lowest BCUT2D eigenvalue weighted by atomic mass is 9.90. The molecule has 2 aromatic carbocycles. The largest absolute Gasteiger partial charge is 0.497 e. The maximum Gasteiger partial charge on any atom is 0.311 e. The van der Waals surface area contributed by atoms with Crippen LogP contribution in [0.4, 0.5) is 0 Å². The van der Waals surface area contributed by atoms with E-state index in [0.29, 0.717) is 17.9 Å². The highest BCUT2D eigenvalue weighted by Gasteiger charge is 2.23. The number of ether oxygens (including phenoxy) is 3. The first kappa shape index (κ1) is 17.7. The van der Waals surface area contributed by atoms with Gasteiger partial charge in [0.15, 0.2) is 0 Å². The summed E-state index contributed by atoms with van der Waals surface area (Å²) < 4.78 is 15.8. The van der Waals surface area contributed by atoms with Gasteiger partial charge < -0.3 is 19.3 Å². The normalized spacial score (nSPS) is 11.7. The van der Waals surface area contributed by atoms with Crippen LogP contribution in [0.3, 0.4) is 0 Å². The van der Waals surface area contributed by atoms with E-state index in [9.17, 15) is 9.90 Å². The van der Waals surface area contributed by atoms with E-state index in [-0.39, 0.29) is 0 Å². The van der Waals surface area contributed by atoms with Gasteiger partial charge in [-0.25, -0.2) is 0 Å². The third-order valence-corrected chi connectivity index (χ3v) is 4.03. The minimum atomic E-state index is -0.885. The summed E-state index contributed by atoms with van der Waals surface area (Å²) in [6.45, 7) is 1.90. The van der Waals surface area contributed by atoms with Crippen molar-refractivity contribution in [2.45, 2.75) is 19.3 Å². The van der Waals surface area contributed by atoms with Crippen LogP contribution in [0.25, 0.3) is 0 Å². The predicted octanol–water partition coefficient (Wildman–Crippen LogP) is 3.43. The molecule has 2 aromatic rings. The number of hydrogen-bond acceptors (Lipinski definition) is 4. The number of aliphatic carboxylic acids is 1. The Morgan fingerprint density at radius 1 is 1.00 bits per heavy atom. The van der Waals surface area contributed by atoms with Crippen molar-refractivity contribution < 1.29 is 24.1 Å². The summed E-state index contributed by atoms with van der Waals surface area (Å²) >= 11 is 0. The molecule has 128 valence electrons. The lowest BCUT2D eigenvalue weighted by Crippen LogP contribution is -2.15. The Bertz CT molecular complexity index is 724. The molecule has 0 aliphatic heterocycles. The Morgan fingerprint density at radius 3 is 2.21 bits per heavy atom. The molecule has 0 fully saturated rings. The Hall–Kier alpha value is -2.69. The fourth-order valence-electron chi connectivity index (χ4n) is 2.73. The number of hydrogen-bond donors (Lipinski definition) is 1. The summed E-state index contributed by atoms with van der Waals surface area (Å²) in [7, 11) is 4.74. The molecule has 1 atom stereocenters. The molecule has 0 saturated heterocycles. The number of rotatable bonds is 7. The van der Waals surface area contributed by atoms with E-state index < -0.39 is 11.9 Å². The Balaban J connectivity index is 2.39. The van der Waals surface area contributed by atoms with Crippen LogP contribution in [0.2, 0.25) is 0 Å². The summed E-state index contributed by atoms with van der Waals surface area (Å²) in [6.07, 6.45) is 0.307. The zero-order valence-electron chi connectivity index (χ0n) is 14.3. The molecular formula is C19H22O5. The number of carbonyl (C=O) groups is 1. The number of aryl methyl sites for hydroxylation is 1. The van der Waals surface area contributed by atoms with Gasteiger partial charge in [-0.15, -0.1) is 0 Å². The molecule has 0 heterocycles. The quantitative estimate of drug-likeness (QED) is 0.842. The second-order valence-electron chi connectivity index (χ2n) is 5.50. The van der Waals surface area contributed by atoms with E-state index in [0.717, 1.165) is 22.4 Å². The zero-order chi connectivity index (χ0) is 17.7. The number of methoxy groups -OCH3 is 3. The molecule has 0 aliphatic carbocycles. The fraction of sp³-hybridized carbons (Fsp3) is 0.316. The maximum atomic E-state index is 11.8. The highest BCUT2D eigenvalue weighted by molar-refractivity contribution is 5.77. The van der Waals surface area contributed by atoms with E-state index in [4.69, 9.17) is 14.2 Å². The van der Waals surface area contributed by atoms with Gasteiger partial charge in [0.25, 0.3) is 0 Å². The molecule has 2 rings (SSSR count). The zero-order valence-corrected chi connectivity index (χ0v) is 14.3. The fourth-order valence-corrected chi connectivity index (χ4v) is 2.73. The first-order chi connectivity index (χ1) is 11.5. The standard InChI is InChI=1S/C19H22O5/c1-12-9-13(5-7-17(12)23-3)16(19(20)21)11-14-10-15(22-2)6-8-18(14)24-4/h5-10,16H,11H2,1-4H3,(H,20,21). The van der Waals surface area contributed by atoms with Crippen molar-refractivity contribution in [2.24, 2.45) is 0 Å². The smallest absolute Gasteiger partial charge is 0.311 e. The number of benzene rings is 2. The van der Waals surface area contributed by atoms with Crippen LogP contribution in [0, 0.1) is 6.92 Å². The second-order valence-corrected chi connectivity index (χ2v) is 5.50. The van der Waals surface area contributed by atoms with Crippen LogP contribution in [-0.4, -0.2) is 32.4 Å². The van der Waals surface area contributed by atoms with E-state index in [1.54, 1.807) is 45.6 Å². The minimum absolute atomic E-state index is 0.307. The summed E-state index contributed by atoms with van der Waals surface area (Å²) in [5.74, 6) is 0.482. The Morgan fingerprint density at radius 2 is 1.67 bits per heavy atom. The summed E-state index contributed by atoms with van der Waals surface area (Å²) in [6, 6.07) is 10.8. The minimum Gasteiger partial charge on any atom is -0.497 e. The monoisotopic (exact) mass is 330 g/mol. The molecule has 1 unspecified atom stereocenters. The van der Waals surface area contributed by atoms with E-state index >= 15 is 0 Å². The van der Waals surface area contributed by atoms with Crippen molar-refractivity contribution in [1.82, 2.24) is 0 Å². The van der Waals surface area contributed by atoms with Crippen molar-refractivity contribution in [1.29, 1.82) is 0 Å².